The normalized spacial score (nSPS) is 19.0. The van der Waals surface area contributed by atoms with Crippen LogP contribution in [-0.2, 0) is 6.42 Å². The predicted molar refractivity (Wildman–Crippen MR) is 139 cm³/mol. The van der Waals surface area contributed by atoms with Gasteiger partial charge >= 0.3 is 0 Å². The van der Waals surface area contributed by atoms with Gasteiger partial charge in [-0.15, -0.1) is 0 Å². The molecule has 5 heterocycles. The highest BCUT2D eigenvalue weighted by atomic mass is 35.5. The topological polar surface area (TPSA) is 111 Å². The number of hydrogen-bond acceptors (Lipinski definition) is 8. The first-order valence-corrected chi connectivity index (χ1v) is 12.9. The maximum atomic E-state index is 6.76. The summed E-state index contributed by atoms with van der Waals surface area (Å²) in [5.74, 6) is 1.24. The van der Waals surface area contributed by atoms with Crippen LogP contribution in [0.3, 0.4) is 0 Å². The Balaban J connectivity index is 1.32. The van der Waals surface area contributed by atoms with Crippen LogP contribution in [0.5, 0.6) is 0 Å². The van der Waals surface area contributed by atoms with Crippen molar-refractivity contribution in [1.82, 2.24) is 24.3 Å². The Morgan fingerprint density at radius 3 is 2.69 bits per heavy atom. The van der Waals surface area contributed by atoms with Crippen LogP contribution < -0.4 is 16.4 Å². The summed E-state index contributed by atoms with van der Waals surface area (Å²) in [5.41, 5.74) is 17.8. The Morgan fingerprint density at radius 1 is 1.11 bits per heavy atom. The number of nitrogens with two attached hydrogens (primary N) is 2. The fourth-order valence-electron chi connectivity index (χ4n) is 5.49. The number of aryl methyl sites for hydroxylation is 2. The first-order valence-electron chi connectivity index (χ1n) is 11.7. The van der Waals surface area contributed by atoms with E-state index in [9.17, 15) is 0 Å². The number of halogens is 1. The largest absolute Gasteiger partial charge is 0.382 e. The number of pyridine rings is 2. The average molecular weight is 507 g/mol. The van der Waals surface area contributed by atoms with Crippen LogP contribution in [0.2, 0.25) is 5.02 Å². The number of rotatable bonds is 3. The maximum Gasteiger partial charge on any atom is 0.211 e. The molecule has 0 saturated carbocycles. The SMILES string of the molecule is Cc1cn2c(N3CCC4(CC3)Cc3ncccc3[C@H]4N)nc(C)c(Sc3ccnc(N)c3Cl)c2n1. The van der Waals surface area contributed by atoms with Gasteiger partial charge in [0.05, 0.1) is 21.3 Å². The van der Waals surface area contributed by atoms with Crippen LogP contribution in [0.4, 0.5) is 11.8 Å². The molecule has 1 fully saturated rings. The lowest BCUT2D eigenvalue weighted by atomic mass is 9.73. The molecular weight excluding hydrogens is 480 g/mol. The summed E-state index contributed by atoms with van der Waals surface area (Å²) in [5, 5.41) is 0.451. The van der Waals surface area contributed by atoms with Crippen molar-refractivity contribution in [2.24, 2.45) is 11.1 Å². The second-order valence-corrected chi connectivity index (χ2v) is 11.0. The minimum absolute atomic E-state index is 0.0369. The van der Waals surface area contributed by atoms with Crippen LogP contribution in [-0.4, -0.2) is 37.4 Å². The van der Waals surface area contributed by atoms with Gasteiger partial charge in [0.2, 0.25) is 5.95 Å². The van der Waals surface area contributed by atoms with Gasteiger partial charge < -0.3 is 16.4 Å². The summed E-state index contributed by atoms with van der Waals surface area (Å²) >= 11 is 7.95. The van der Waals surface area contributed by atoms with Crippen molar-refractivity contribution in [3.05, 3.63) is 64.5 Å². The molecule has 1 spiro atoms. The van der Waals surface area contributed by atoms with Crippen molar-refractivity contribution in [3.8, 4) is 0 Å². The van der Waals surface area contributed by atoms with E-state index in [1.807, 2.05) is 32.2 Å². The summed E-state index contributed by atoms with van der Waals surface area (Å²) < 4.78 is 2.10. The molecule has 1 atom stereocenters. The smallest absolute Gasteiger partial charge is 0.211 e. The van der Waals surface area contributed by atoms with E-state index < -0.39 is 0 Å². The standard InChI is InChI=1S/C25H27ClN8S/c1-14-13-34-23(31-14)20(35-18-5-9-30-22(28)19(18)26)15(2)32-24(34)33-10-6-25(7-11-33)12-17-16(21(25)27)4-3-8-29-17/h3-5,8-9,13,21H,6-7,10-12,27H2,1-2H3,(H2,28,30)/t21-/m1/s1. The van der Waals surface area contributed by atoms with Crippen molar-refractivity contribution in [1.29, 1.82) is 0 Å². The lowest BCUT2D eigenvalue weighted by molar-refractivity contribution is 0.186. The highest BCUT2D eigenvalue weighted by molar-refractivity contribution is 7.99. The van der Waals surface area contributed by atoms with Gasteiger partial charge in [-0.25, -0.2) is 15.0 Å². The fourth-order valence-corrected chi connectivity index (χ4v) is 6.69. The third kappa shape index (κ3) is 3.64. The van der Waals surface area contributed by atoms with E-state index in [1.54, 1.807) is 6.20 Å². The van der Waals surface area contributed by atoms with Gasteiger partial charge in [0, 0.05) is 48.3 Å². The van der Waals surface area contributed by atoms with Gasteiger partial charge in [-0.2, -0.15) is 0 Å². The Bertz CT molecular complexity index is 1440. The zero-order chi connectivity index (χ0) is 24.3. The zero-order valence-corrected chi connectivity index (χ0v) is 21.3. The number of anilines is 2. The molecule has 1 aliphatic heterocycles. The van der Waals surface area contributed by atoms with Gasteiger partial charge in [-0.3, -0.25) is 9.38 Å². The van der Waals surface area contributed by atoms with Gasteiger partial charge in [-0.05, 0) is 56.2 Å². The van der Waals surface area contributed by atoms with E-state index in [1.165, 1.54) is 17.3 Å². The molecule has 4 aromatic rings. The molecule has 0 radical (unpaired) electrons. The molecule has 8 nitrogen and oxygen atoms in total. The highest BCUT2D eigenvalue weighted by Gasteiger charge is 2.46. The maximum absolute atomic E-state index is 6.76. The van der Waals surface area contributed by atoms with Crippen molar-refractivity contribution >= 4 is 40.8 Å². The summed E-state index contributed by atoms with van der Waals surface area (Å²) in [6.07, 6.45) is 8.55. The number of piperidine rings is 1. The van der Waals surface area contributed by atoms with Crippen LogP contribution in [0.1, 0.15) is 41.5 Å². The van der Waals surface area contributed by atoms with E-state index in [-0.39, 0.29) is 11.5 Å². The van der Waals surface area contributed by atoms with Gasteiger partial charge in [-0.1, -0.05) is 29.4 Å². The number of aromatic nitrogens is 5. The monoisotopic (exact) mass is 506 g/mol. The average Bonchev–Trinajstić information content (AvgIpc) is 3.37. The number of nitrogens with zero attached hydrogens (tertiary/aromatic N) is 6. The molecule has 10 heteroatoms. The molecular formula is C25H27ClN8S. The highest BCUT2D eigenvalue weighted by Crippen LogP contribution is 2.50. The molecule has 1 saturated heterocycles. The van der Waals surface area contributed by atoms with Crippen LogP contribution in [0.15, 0.2) is 46.6 Å². The molecule has 0 unspecified atom stereocenters. The minimum atomic E-state index is 0.0369. The molecule has 0 aromatic carbocycles. The van der Waals surface area contributed by atoms with Gasteiger partial charge in [0.15, 0.2) is 5.65 Å². The molecule has 180 valence electrons. The van der Waals surface area contributed by atoms with E-state index in [2.05, 4.69) is 31.5 Å². The number of imidazole rings is 1. The Hall–Kier alpha value is -2.88. The summed E-state index contributed by atoms with van der Waals surface area (Å²) in [4.78, 5) is 22.7. The quantitative estimate of drug-likeness (QED) is 0.421. The number of fused-ring (bicyclic) bond motifs is 2. The van der Waals surface area contributed by atoms with Crippen LogP contribution in [0, 0.1) is 19.3 Å². The number of hydrogen-bond donors (Lipinski definition) is 2. The molecule has 2 aliphatic rings. The molecule has 35 heavy (non-hydrogen) atoms. The summed E-state index contributed by atoms with van der Waals surface area (Å²) in [6.45, 7) is 5.80. The van der Waals surface area contributed by atoms with E-state index in [4.69, 9.17) is 33.0 Å². The fraction of sp³-hybridized carbons (Fsp3) is 0.360. The van der Waals surface area contributed by atoms with E-state index >= 15 is 0 Å². The predicted octanol–water partition coefficient (Wildman–Crippen LogP) is 4.37. The molecule has 4 aromatic heterocycles. The minimum Gasteiger partial charge on any atom is -0.382 e. The van der Waals surface area contributed by atoms with E-state index in [0.29, 0.717) is 10.8 Å². The zero-order valence-electron chi connectivity index (χ0n) is 19.7. The Kier molecular flexibility index (Phi) is 5.39. The van der Waals surface area contributed by atoms with Crippen LogP contribution >= 0.6 is 23.4 Å². The molecule has 1 aliphatic carbocycles. The van der Waals surface area contributed by atoms with Crippen molar-refractivity contribution in [2.75, 3.05) is 23.7 Å². The molecule has 0 bridgehead atoms. The van der Waals surface area contributed by atoms with E-state index in [0.717, 1.165) is 70.8 Å². The first kappa shape index (κ1) is 22.6. The molecule has 4 N–H and O–H groups in total. The Labute approximate surface area is 213 Å². The van der Waals surface area contributed by atoms with Crippen molar-refractivity contribution < 1.29 is 0 Å². The molecule has 0 amide bonds. The van der Waals surface area contributed by atoms with Crippen molar-refractivity contribution in [2.45, 2.75) is 48.9 Å². The third-order valence-corrected chi connectivity index (χ3v) is 9.17. The summed E-state index contributed by atoms with van der Waals surface area (Å²) in [6, 6.07) is 6.03. The second kappa shape index (κ2) is 8.36. The third-order valence-electron chi connectivity index (χ3n) is 7.42. The number of nitrogen functional groups attached to an aromatic ring is 1. The summed E-state index contributed by atoms with van der Waals surface area (Å²) in [7, 11) is 0. The van der Waals surface area contributed by atoms with Gasteiger partial charge in [0.25, 0.3) is 0 Å². The second-order valence-electron chi connectivity index (χ2n) is 9.56. The molecule has 6 rings (SSSR count). The lowest BCUT2D eigenvalue weighted by Crippen LogP contribution is -2.45. The lowest BCUT2D eigenvalue weighted by Gasteiger charge is -2.42. The van der Waals surface area contributed by atoms with Crippen molar-refractivity contribution in [3.63, 3.8) is 0 Å². The van der Waals surface area contributed by atoms with Crippen LogP contribution in [0.25, 0.3) is 5.65 Å². The van der Waals surface area contributed by atoms with Gasteiger partial charge in [0.1, 0.15) is 5.82 Å². The first-order chi connectivity index (χ1) is 16.9. The Morgan fingerprint density at radius 2 is 1.91 bits per heavy atom.